The van der Waals surface area contributed by atoms with Gasteiger partial charge >= 0.3 is 0 Å². The van der Waals surface area contributed by atoms with E-state index in [1.807, 2.05) is 24.3 Å². The maximum Gasteiger partial charge on any atom is 0.119 e. The van der Waals surface area contributed by atoms with Gasteiger partial charge < -0.3 is 10.1 Å². The molecule has 1 aromatic carbocycles. The van der Waals surface area contributed by atoms with Crippen LogP contribution >= 0.6 is 15.9 Å². The summed E-state index contributed by atoms with van der Waals surface area (Å²) < 4.78 is 7.01. The number of rotatable bonds is 7. The molecular formula is C13H20BrNO. The average molecular weight is 286 g/mol. The second kappa shape index (κ2) is 7.69. The molecule has 0 spiro atoms. The second-order valence-electron chi connectivity index (χ2n) is 3.79. The maximum atomic E-state index is 5.93. The first-order valence-electron chi connectivity index (χ1n) is 5.89. The van der Waals surface area contributed by atoms with Crippen molar-refractivity contribution in [2.75, 3.05) is 13.1 Å². The molecule has 1 N–H and O–H groups in total. The van der Waals surface area contributed by atoms with E-state index in [1.54, 1.807) is 0 Å². The van der Waals surface area contributed by atoms with E-state index >= 15 is 0 Å². The van der Waals surface area contributed by atoms with Gasteiger partial charge in [-0.05, 0) is 37.2 Å². The highest BCUT2D eigenvalue weighted by molar-refractivity contribution is 9.10. The Morgan fingerprint density at radius 2 is 1.94 bits per heavy atom. The van der Waals surface area contributed by atoms with E-state index in [-0.39, 0.29) is 6.10 Å². The van der Waals surface area contributed by atoms with Crippen LogP contribution in [-0.2, 0) is 0 Å². The van der Waals surface area contributed by atoms with Crippen molar-refractivity contribution in [2.45, 2.75) is 32.8 Å². The van der Waals surface area contributed by atoms with Gasteiger partial charge in [-0.15, -0.1) is 0 Å². The van der Waals surface area contributed by atoms with Crippen LogP contribution in [0.4, 0.5) is 0 Å². The van der Waals surface area contributed by atoms with Gasteiger partial charge in [0.1, 0.15) is 11.9 Å². The van der Waals surface area contributed by atoms with Gasteiger partial charge in [-0.1, -0.05) is 36.2 Å². The van der Waals surface area contributed by atoms with Crippen molar-refractivity contribution in [3.63, 3.8) is 0 Å². The van der Waals surface area contributed by atoms with E-state index in [4.69, 9.17) is 4.74 Å². The predicted molar refractivity (Wildman–Crippen MR) is 72.0 cm³/mol. The number of ether oxygens (including phenoxy) is 1. The number of halogens is 1. The van der Waals surface area contributed by atoms with E-state index in [0.717, 1.165) is 36.2 Å². The van der Waals surface area contributed by atoms with Gasteiger partial charge in [0.2, 0.25) is 0 Å². The molecule has 1 unspecified atom stereocenters. The monoisotopic (exact) mass is 285 g/mol. The lowest BCUT2D eigenvalue weighted by molar-refractivity contribution is 0.187. The summed E-state index contributed by atoms with van der Waals surface area (Å²) in [5.41, 5.74) is 0. The van der Waals surface area contributed by atoms with Gasteiger partial charge in [0.05, 0.1) is 0 Å². The van der Waals surface area contributed by atoms with Crippen molar-refractivity contribution >= 4 is 15.9 Å². The van der Waals surface area contributed by atoms with Crippen LogP contribution in [0.3, 0.4) is 0 Å². The highest BCUT2D eigenvalue weighted by atomic mass is 79.9. The SMILES string of the molecule is CCCC(CNCC)Oc1ccc(Br)cc1. The summed E-state index contributed by atoms with van der Waals surface area (Å²) in [7, 11) is 0. The van der Waals surface area contributed by atoms with Gasteiger partial charge in [0.15, 0.2) is 0 Å². The van der Waals surface area contributed by atoms with Crippen LogP contribution in [0.1, 0.15) is 26.7 Å². The van der Waals surface area contributed by atoms with Crippen LogP contribution in [0.5, 0.6) is 5.75 Å². The lowest BCUT2D eigenvalue weighted by Crippen LogP contribution is -2.31. The molecule has 0 saturated heterocycles. The molecule has 16 heavy (non-hydrogen) atoms. The Morgan fingerprint density at radius 3 is 2.50 bits per heavy atom. The molecule has 0 fully saturated rings. The molecule has 1 atom stereocenters. The number of benzene rings is 1. The van der Waals surface area contributed by atoms with Crippen LogP contribution in [0.2, 0.25) is 0 Å². The fraction of sp³-hybridized carbons (Fsp3) is 0.538. The van der Waals surface area contributed by atoms with Gasteiger partial charge in [-0.3, -0.25) is 0 Å². The number of hydrogen-bond acceptors (Lipinski definition) is 2. The van der Waals surface area contributed by atoms with Gasteiger partial charge in [0.25, 0.3) is 0 Å². The highest BCUT2D eigenvalue weighted by Crippen LogP contribution is 2.18. The summed E-state index contributed by atoms with van der Waals surface area (Å²) in [5, 5.41) is 3.33. The van der Waals surface area contributed by atoms with E-state index < -0.39 is 0 Å². The first kappa shape index (κ1) is 13.5. The van der Waals surface area contributed by atoms with Crippen molar-refractivity contribution in [1.82, 2.24) is 5.32 Å². The maximum absolute atomic E-state index is 5.93. The first-order valence-corrected chi connectivity index (χ1v) is 6.68. The molecule has 0 aromatic heterocycles. The Morgan fingerprint density at radius 1 is 1.25 bits per heavy atom. The van der Waals surface area contributed by atoms with Crippen molar-refractivity contribution in [2.24, 2.45) is 0 Å². The summed E-state index contributed by atoms with van der Waals surface area (Å²) >= 11 is 3.42. The molecule has 0 amide bonds. The minimum absolute atomic E-state index is 0.270. The minimum atomic E-state index is 0.270. The third kappa shape index (κ3) is 4.99. The topological polar surface area (TPSA) is 21.3 Å². The molecule has 1 aromatic rings. The van der Waals surface area contributed by atoms with Crippen molar-refractivity contribution < 1.29 is 4.74 Å². The minimum Gasteiger partial charge on any atom is -0.489 e. The fourth-order valence-corrected chi connectivity index (χ4v) is 1.80. The number of likely N-dealkylation sites (N-methyl/N-ethyl adjacent to an activating group) is 1. The predicted octanol–water partition coefficient (Wildman–Crippen LogP) is 3.61. The van der Waals surface area contributed by atoms with Crippen LogP contribution in [0, 0.1) is 0 Å². The molecule has 3 heteroatoms. The smallest absolute Gasteiger partial charge is 0.119 e. The van der Waals surface area contributed by atoms with Gasteiger partial charge in [0, 0.05) is 11.0 Å². The molecule has 0 aliphatic carbocycles. The van der Waals surface area contributed by atoms with Crippen molar-refractivity contribution in [1.29, 1.82) is 0 Å². The number of nitrogens with one attached hydrogen (secondary N) is 1. The van der Waals surface area contributed by atoms with E-state index in [9.17, 15) is 0 Å². The third-order valence-electron chi connectivity index (χ3n) is 2.35. The van der Waals surface area contributed by atoms with Gasteiger partial charge in [-0.25, -0.2) is 0 Å². The Kier molecular flexibility index (Phi) is 6.50. The summed E-state index contributed by atoms with van der Waals surface area (Å²) in [6.07, 6.45) is 2.50. The lowest BCUT2D eigenvalue weighted by atomic mass is 10.2. The van der Waals surface area contributed by atoms with E-state index in [2.05, 4.69) is 35.1 Å². The molecule has 0 saturated carbocycles. The van der Waals surface area contributed by atoms with E-state index in [1.165, 1.54) is 0 Å². The van der Waals surface area contributed by atoms with Crippen molar-refractivity contribution in [3.8, 4) is 5.75 Å². The summed E-state index contributed by atoms with van der Waals surface area (Å²) in [5.74, 6) is 0.944. The zero-order chi connectivity index (χ0) is 11.8. The zero-order valence-electron chi connectivity index (χ0n) is 10.0. The Labute approximate surface area is 107 Å². The molecular weight excluding hydrogens is 266 g/mol. The Balaban J connectivity index is 2.49. The molecule has 2 nitrogen and oxygen atoms in total. The standard InChI is InChI=1S/C13H20BrNO/c1-3-5-13(10-15-4-2)16-12-8-6-11(14)7-9-12/h6-9,13,15H,3-5,10H2,1-2H3. The molecule has 0 bridgehead atoms. The molecule has 90 valence electrons. The fourth-order valence-electron chi connectivity index (χ4n) is 1.54. The zero-order valence-corrected chi connectivity index (χ0v) is 11.6. The molecule has 0 aliphatic heterocycles. The molecule has 0 heterocycles. The van der Waals surface area contributed by atoms with E-state index in [0.29, 0.717) is 0 Å². The largest absolute Gasteiger partial charge is 0.489 e. The average Bonchev–Trinajstić information content (AvgIpc) is 2.29. The molecule has 0 radical (unpaired) electrons. The summed E-state index contributed by atoms with van der Waals surface area (Å²) in [6.45, 7) is 6.21. The Hall–Kier alpha value is -0.540. The van der Waals surface area contributed by atoms with Gasteiger partial charge in [-0.2, -0.15) is 0 Å². The highest BCUT2D eigenvalue weighted by Gasteiger charge is 2.08. The van der Waals surface area contributed by atoms with Crippen LogP contribution < -0.4 is 10.1 Å². The first-order chi connectivity index (χ1) is 7.76. The Bertz CT molecular complexity index is 286. The van der Waals surface area contributed by atoms with Crippen LogP contribution in [0.15, 0.2) is 28.7 Å². The third-order valence-corrected chi connectivity index (χ3v) is 2.88. The number of hydrogen-bond donors (Lipinski definition) is 1. The van der Waals surface area contributed by atoms with Crippen molar-refractivity contribution in [3.05, 3.63) is 28.7 Å². The molecule has 0 aliphatic rings. The van der Waals surface area contributed by atoms with Crippen LogP contribution in [-0.4, -0.2) is 19.2 Å². The van der Waals surface area contributed by atoms with Crippen LogP contribution in [0.25, 0.3) is 0 Å². The second-order valence-corrected chi connectivity index (χ2v) is 4.71. The molecule has 1 rings (SSSR count). The quantitative estimate of drug-likeness (QED) is 0.826. The summed E-state index contributed by atoms with van der Waals surface area (Å²) in [4.78, 5) is 0. The lowest BCUT2D eigenvalue weighted by Gasteiger charge is -2.18. The normalized spacial score (nSPS) is 12.4. The summed E-state index contributed by atoms with van der Waals surface area (Å²) in [6, 6.07) is 8.01.